The SMILES string of the molecule is Cn1c(CC23CC4CC(CC(C4)C2)C3)nnc1SCc1ccc(F)cc1. The molecule has 0 spiro atoms. The lowest BCUT2D eigenvalue weighted by Gasteiger charge is -2.56. The summed E-state index contributed by atoms with van der Waals surface area (Å²) in [5, 5.41) is 9.97. The molecule has 4 saturated carbocycles. The Labute approximate surface area is 158 Å². The van der Waals surface area contributed by atoms with Crippen LogP contribution in [0.2, 0.25) is 0 Å². The molecular weight excluding hydrogens is 345 g/mol. The number of benzene rings is 1. The number of aromatic nitrogens is 3. The van der Waals surface area contributed by atoms with E-state index in [4.69, 9.17) is 0 Å². The smallest absolute Gasteiger partial charge is 0.191 e. The summed E-state index contributed by atoms with van der Waals surface area (Å²) in [7, 11) is 2.10. The van der Waals surface area contributed by atoms with Crippen LogP contribution in [0, 0.1) is 29.0 Å². The predicted octanol–water partition coefficient (Wildman–Crippen LogP) is 5.01. The molecule has 5 heteroatoms. The van der Waals surface area contributed by atoms with Crippen LogP contribution >= 0.6 is 11.8 Å². The predicted molar refractivity (Wildman–Crippen MR) is 101 cm³/mol. The monoisotopic (exact) mass is 371 g/mol. The van der Waals surface area contributed by atoms with Gasteiger partial charge in [0.15, 0.2) is 5.16 Å². The van der Waals surface area contributed by atoms with Crippen molar-refractivity contribution in [1.29, 1.82) is 0 Å². The number of rotatable bonds is 5. The maximum absolute atomic E-state index is 13.0. The highest BCUT2D eigenvalue weighted by Crippen LogP contribution is 2.60. The van der Waals surface area contributed by atoms with Crippen LogP contribution in [0.1, 0.15) is 49.9 Å². The van der Waals surface area contributed by atoms with E-state index in [-0.39, 0.29) is 5.82 Å². The Morgan fingerprint density at radius 3 is 2.27 bits per heavy atom. The third-order valence-corrected chi connectivity index (χ3v) is 8.00. The van der Waals surface area contributed by atoms with Gasteiger partial charge in [-0.2, -0.15) is 0 Å². The van der Waals surface area contributed by atoms with Crippen LogP contribution < -0.4 is 0 Å². The quantitative estimate of drug-likeness (QED) is 0.693. The molecule has 4 fully saturated rings. The zero-order valence-corrected chi connectivity index (χ0v) is 16.1. The molecule has 3 nitrogen and oxygen atoms in total. The average Bonchev–Trinajstić information content (AvgIpc) is 2.93. The topological polar surface area (TPSA) is 30.7 Å². The molecule has 6 rings (SSSR count). The van der Waals surface area contributed by atoms with Crippen molar-refractivity contribution in [2.24, 2.45) is 30.2 Å². The normalized spacial score (nSPS) is 32.3. The minimum Gasteiger partial charge on any atom is -0.309 e. The van der Waals surface area contributed by atoms with Gasteiger partial charge in [0.25, 0.3) is 0 Å². The molecule has 0 saturated heterocycles. The first-order valence-corrected chi connectivity index (χ1v) is 10.8. The van der Waals surface area contributed by atoms with Crippen LogP contribution in [0.25, 0.3) is 0 Å². The van der Waals surface area contributed by atoms with Gasteiger partial charge in [0.1, 0.15) is 11.6 Å². The molecular formula is C21H26FN3S. The van der Waals surface area contributed by atoms with Crippen molar-refractivity contribution in [2.75, 3.05) is 0 Å². The first-order chi connectivity index (χ1) is 12.6. The molecule has 1 heterocycles. The van der Waals surface area contributed by atoms with Crippen molar-refractivity contribution in [3.63, 3.8) is 0 Å². The van der Waals surface area contributed by atoms with Gasteiger partial charge in [-0.3, -0.25) is 0 Å². The number of hydrogen-bond acceptors (Lipinski definition) is 3. The van der Waals surface area contributed by atoms with Gasteiger partial charge < -0.3 is 4.57 Å². The molecule has 1 aromatic heterocycles. The van der Waals surface area contributed by atoms with E-state index < -0.39 is 0 Å². The molecule has 1 aromatic carbocycles. The molecule has 138 valence electrons. The Kier molecular flexibility index (Phi) is 4.11. The molecule has 0 amide bonds. The van der Waals surface area contributed by atoms with Gasteiger partial charge in [-0.05, 0) is 79.4 Å². The molecule has 0 radical (unpaired) electrons. The maximum atomic E-state index is 13.0. The van der Waals surface area contributed by atoms with Crippen molar-refractivity contribution in [3.8, 4) is 0 Å². The molecule has 0 atom stereocenters. The largest absolute Gasteiger partial charge is 0.309 e. The van der Waals surface area contributed by atoms with E-state index in [0.29, 0.717) is 5.41 Å². The van der Waals surface area contributed by atoms with Crippen LogP contribution in [-0.2, 0) is 19.2 Å². The Morgan fingerprint density at radius 2 is 1.65 bits per heavy atom. The first kappa shape index (κ1) is 16.8. The fourth-order valence-corrected chi connectivity index (χ4v) is 7.08. The second-order valence-corrected chi connectivity index (χ2v) is 9.91. The van der Waals surface area contributed by atoms with Gasteiger partial charge in [-0.15, -0.1) is 10.2 Å². The van der Waals surface area contributed by atoms with Crippen molar-refractivity contribution >= 4 is 11.8 Å². The Morgan fingerprint density at radius 1 is 1.04 bits per heavy atom. The van der Waals surface area contributed by atoms with Crippen molar-refractivity contribution in [1.82, 2.24) is 14.8 Å². The summed E-state index contributed by atoms with van der Waals surface area (Å²) in [6.07, 6.45) is 9.76. The lowest BCUT2D eigenvalue weighted by Crippen LogP contribution is -2.47. The fraction of sp³-hybridized carbons (Fsp3) is 0.619. The molecule has 4 aliphatic carbocycles. The van der Waals surface area contributed by atoms with Crippen LogP contribution in [0.5, 0.6) is 0 Å². The summed E-state index contributed by atoms with van der Waals surface area (Å²) in [5.74, 6) is 4.68. The van der Waals surface area contributed by atoms with E-state index in [1.165, 1.54) is 50.7 Å². The first-order valence-electron chi connectivity index (χ1n) is 9.84. The number of nitrogens with zero attached hydrogens (tertiary/aromatic N) is 3. The van der Waals surface area contributed by atoms with Crippen molar-refractivity contribution in [2.45, 2.75) is 55.9 Å². The second-order valence-electron chi connectivity index (χ2n) is 8.97. The molecule has 4 aliphatic rings. The molecule has 2 aromatic rings. The highest BCUT2D eigenvalue weighted by Gasteiger charge is 2.51. The Hall–Kier alpha value is -1.36. The van der Waals surface area contributed by atoms with Crippen molar-refractivity contribution in [3.05, 3.63) is 41.5 Å². The van der Waals surface area contributed by atoms with Crippen LogP contribution in [0.3, 0.4) is 0 Å². The molecule has 4 bridgehead atoms. The van der Waals surface area contributed by atoms with Gasteiger partial charge in [0.2, 0.25) is 0 Å². The third-order valence-electron chi connectivity index (χ3n) is 6.90. The van der Waals surface area contributed by atoms with Gasteiger partial charge in [0, 0.05) is 19.2 Å². The van der Waals surface area contributed by atoms with Gasteiger partial charge in [-0.25, -0.2) is 4.39 Å². The molecule has 0 unspecified atom stereocenters. The van der Waals surface area contributed by atoms with E-state index >= 15 is 0 Å². The van der Waals surface area contributed by atoms with E-state index in [1.807, 2.05) is 12.1 Å². The number of hydrogen-bond donors (Lipinski definition) is 0. The molecule has 26 heavy (non-hydrogen) atoms. The summed E-state index contributed by atoms with van der Waals surface area (Å²) >= 11 is 1.69. The second kappa shape index (κ2) is 6.36. The standard InChI is InChI=1S/C21H26FN3S/c1-25-19(12-21-9-15-6-16(10-21)8-17(7-15)11-21)23-24-20(25)26-13-14-2-4-18(22)5-3-14/h2-5,15-17H,6-13H2,1H3. The minimum atomic E-state index is -0.185. The van der Waals surface area contributed by atoms with Crippen LogP contribution in [-0.4, -0.2) is 14.8 Å². The van der Waals surface area contributed by atoms with E-state index in [9.17, 15) is 4.39 Å². The van der Waals surface area contributed by atoms with Gasteiger partial charge in [-0.1, -0.05) is 23.9 Å². The van der Waals surface area contributed by atoms with E-state index in [0.717, 1.165) is 46.5 Å². The number of halogens is 1. The summed E-state index contributed by atoms with van der Waals surface area (Å²) in [6, 6.07) is 6.72. The Balaban J connectivity index is 1.28. The van der Waals surface area contributed by atoms with Crippen LogP contribution in [0.4, 0.5) is 4.39 Å². The lowest BCUT2D eigenvalue weighted by molar-refractivity contribution is -0.0535. The van der Waals surface area contributed by atoms with Gasteiger partial charge in [0.05, 0.1) is 0 Å². The number of thioether (sulfide) groups is 1. The van der Waals surface area contributed by atoms with E-state index in [1.54, 1.807) is 11.8 Å². The van der Waals surface area contributed by atoms with Crippen LogP contribution in [0.15, 0.2) is 29.4 Å². The minimum absolute atomic E-state index is 0.185. The van der Waals surface area contributed by atoms with Gasteiger partial charge >= 0.3 is 0 Å². The highest BCUT2D eigenvalue weighted by atomic mass is 32.2. The third kappa shape index (κ3) is 3.08. The van der Waals surface area contributed by atoms with Crippen molar-refractivity contribution < 1.29 is 4.39 Å². The highest BCUT2D eigenvalue weighted by molar-refractivity contribution is 7.98. The Bertz CT molecular complexity index is 763. The summed E-state index contributed by atoms with van der Waals surface area (Å²) in [5.41, 5.74) is 1.61. The maximum Gasteiger partial charge on any atom is 0.191 e. The average molecular weight is 372 g/mol. The zero-order chi connectivity index (χ0) is 17.7. The lowest BCUT2D eigenvalue weighted by atomic mass is 9.49. The summed E-state index contributed by atoms with van der Waals surface area (Å²) < 4.78 is 15.2. The molecule has 0 aliphatic heterocycles. The summed E-state index contributed by atoms with van der Waals surface area (Å²) in [4.78, 5) is 0. The van der Waals surface area contributed by atoms with E-state index in [2.05, 4.69) is 21.8 Å². The zero-order valence-electron chi connectivity index (χ0n) is 15.3. The fourth-order valence-electron chi connectivity index (χ4n) is 6.20. The molecule has 0 N–H and O–H groups in total. The summed E-state index contributed by atoms with van der Waals surface area (Å²) in [6.45, 7) is 0.